The third kappa shape index (κ3) is 12.6. The summed E-state index contributed by atoms with van der Waals surface area (Å²) in [5.74, 6) is -4.47. The van der Waals surface area contributed by atoms with Gasteiger partial charge < -0.3 is 30.3 Å². The molecule has 5 rings (SSSR count). The van der Waals surface area contributed by atoms with Gasteiger partial charge in [0.15, 0.2) is 24.8 Å². The highest BCUT2D eigenvalue weighted by Crippen LogP contribution is 2.44. The maximum atomic E-state index is 12.1. The first-order valence-corrected chi connectivity index (χ1v) is 22.9. The topological polar surface area (TPSA) is 421 Å². The van der Waals surface area contributed by atoms with E-state index >= 15 is 0 Å². The molecule has 340 valence electrons. The molecular weight excluding hydrogens is 949 g/mol. The van der Waals surface area contributed by atoms with Crippen LogP contribution < -0.4 is 20.1 Å². The molecule has 0 spiro atoms. The Labute approximate surface area is 366 Å². The van der Waals surface area contributed by atoms with Gasteiger partial charge in [0.2, 0.25) is 0 Å². The molecule has 26 nitrogen and oxygen atoms in total. The fourth-order valence-electron chi connectivity index (χ4n) is 5.20. The zero-order valence-corrected chi connectivity index (χ0v) is 35.6. The van der Waals surface area contributed by atoms with Crippen molar-refractivity contribution in [3.63, 3.8) is 0 Å². The zero-order chi connectivity index (χ0) is 48.1. The fourth-order valence-corrected chi connectivity index (χ4v) is 7.26. The largest absolute Gasteiger partial charge is 0.479 e. The number of nitrogens with one attached hydrogen (secondary N) is 2. The summed E-state index contributed by atoms with van der Waals surface area (Å²) in [5, 5.41) is 50.4. The van der Waals surface area contributed by atoms with Crippen LogP contribution in [0.2, 0.25) is 0 Å². The number of hydrogen-bond donors (Lipinski definition) is 8. The van der Waals surface area contributed by atoms with Gasteiger partial charge in [0.25, 0.3) is 40.5 Å². The summed E-state index contributed by atoms with van der Waals surface area (Å²) in [6, 6.07) is 14.6. The number of ether oxygens (including phenoxy) is 2. The first-order chi connectivity index (χ1) is 30.2. The van der Waals surface area contributed by atoms with Crippen LogP contribution in [0.3, 0.4) is 0 Å². The quantitative estimate of drug-likeness (QED) is 0.0397. The Kier molecular flexibility index (Phi) is 14.2. The standard InChI is InChI=1S/C35H28N8O18S4/c1-18-24(15-36)34(37-19-2-6-21(7-3-19)62(48,49)50)39-35(38-20-4-8-22(9-5-20)63(51,52)53)33(18)43-41-26-14-28(60-16-31(44)45)25(13-29(26)61-17-32(46)47)40-42-27-12-23(64(54,55)56)10-11-30(27)65(57,58)59/h2-14H,16-17H2,1H3,(H,44,45)(H,46,47)(H2,37,38,39)(H,48,49,50)(H,51,52,53)(H,54,55,56)(H,57,58,59). The first-order valence-electron chi connectivity index (χ1n) is 17.2. The lowest BCUT2D eigenvalue weighted by Crippen LogP contribution is -2.11. The summed E-state index contributed by atoms with van der Waals surface area (Å²) in [6.07, 6.45) is 0. The number of rotatable bonds is 18. The molecule has 0 unspecified atom stereocenters. The Hall–Kier alpha value is -7.50. The lowest BCUT2D eigenvalue weighted by Gasteiger charge is -2.16. The normalized spacial score (nSPS) is 12.2. The summed E-state index contributed by atoms with van der Waals surface area (Å²) in [6.45, 7) is -0.748. The molecule has 1 aromatic heterocycles. The van der Waals surface area contributed by atoms with Crippen molar-refractivity contribution < 1.29 is 81.2 Å². The Morgan fingerprint density at radius 3 is 1.43 bits per heavy atom. The van der Waals surface area contributed by atoms with Gasteiger partial charge in [-0.2, -0.15) is 38.9 Å². The van der Waals surface area contributed by atoms with Crippen LogP contribution in [0.1, 0.15) is 11.1 Å². The minimum atomic E-state index is -5.12. The third-order valence-corrected chi connectivity index (χ3v) is 11.6. The molecular formula is C35H28N8O18S4. The van der Waals surface area contributed by atoms with Crippen LogP contribution in [-0.2, 0) is 50.1 Å². The minimum Gasteiger partial charge on any atom is -0.479 e. The Balaban J connectivity index is 1.70. The number of nitriles is 1. The van der Waals surface area contributed by atoms with E-state index in [4.69, 9.17) is 9.47 Å². The first kappa shape index (κ1) is 48.5. The summed E-state index contributed by atoms with van der Waals surface area (Å²) in [4.78, 5) is 24.7. The third-order valence-electron chi connectivity index (χ3n) is 8.13. The van der Waals surface area contributed by atoms with Crippen molar-refractivity contribution in [2.75, 3.05) is 23.8 Å². The van der Waals surface area contributed by atoms with Crippen molar-refractivity contribution in [2.45, 2.75) is 26.5 Å². The van der Waals surface area contributed by atoms with Crippen molar-refractivity contribution in [3.8, 4) is 17.6 Å². The molecule has 0 bridgehead atoms. The molecule has 0 aliphatic rings. The van der Waals surface area contributed by atoms with Gasteiger partial charge in [-0.25, -0.2) is 14.6 Å². The molecule has 0 saturated heterocycles. The maximum absolute atomic E-state index is 12.1. The Morgan fingerprint density at radius 1 is 0.600 bits per heavy atom. The number of nitrogens with zero attached hydrogens (tertiary/aromatic N) is 6. The highest BCUT2D eigenvalue weighted by Gasteiger charge is 2.23. The zero-order valence-electron chi connectivity index (χ0n) is 32.3. The summed E-state index contributed by atoms with van der Waals surface area (Å²) in [7, 11) is -19.3. The van der Waals surface area contributed by atoms with Gasteiger partial charge in [0, 0.05) is 29.1 Å². The van der Waals surface area contributed by atoms with Gasteiger partial charge in [-0.1, -0.05) is 0 Å². The molecule has 0 aliphatic heterocycles. The molecule has 0 fully saturated rings. The number of anilines is 4. The second-order valence-corrected chi connectivity index (χ2v) is 18.3. The van der Waals surface area contributed by atoms with E-state index in [1.807, 2.05) is 6.07 Å². The van der Waals surface area contributed by atoms with Crippen molar-refractivity contribution in [3.05, 3.63) is 90.0 Å². The monoisotopic (exact) mass is 976 g/mol. The second-order valence-electron chi connectivity index (χ2n) is 12.7. The number of aromatic nitrogens is 1. The van der Waals surface area contributed by atoms with Crippen molar-refractivity contribution in [2.24, 2.45) is 20.5 Å². The molecule has 0 amide bonds. The van der Waals surface area contributed by atoms with Crippen LogP contribution in [0.4, 0.5) is 45.8 Å². The fraction of sp³-hybridized carbons (Fsp3) is 0.0857. The second kappa shape index (κ2) is 19.1. The van der Waals surface area contributed by atoms with Crippen LogP contribution in [-0.4, -0.2) is 92.2 Å². The SMILES string of the molecule is Cc1c(C#N)c(Nc2ccc(S(=O)(=O)O)cc2)nc(Nc2ccc(S(=O)(=O)O)cc2)c1N=Nc1cc(OCC(=O)O)c(N=Nc2cc(S(=O)(=O)O)ccc2S(=O)(=O)O)cc1OCC(=O)O. The minimum absolute atomic E-state index is 0.0305. The maximum Gasteiger partial charge on any atom is 0.341 e. The van der Waals surface area contributed by atoms with E-state index in [1.54, 1.807) is 0 Å². The lowest BCUT2D eigenvalue weighted by atomic mass is 10.1. The van der Waals surface area contributed by atoms with Crippen molar-refractivity contribution in [1.29, 1.82) is 5.26 Å². The van der Waals surface area contributed by atoms with E-state index in [1.165, 1.54) is 31.2 Å². The van der Waals surface area contributed by atoms with E-state index in [0.717, 1.165) is 36.4 Å². The lowest BCUT2D eigenvalue weighted by molar-refractivity contribution is -0.140. The molecule has 8 N–H and O–H groups in total. The molecule has 4 aromatic carbocycles. The van der Waals surface area contributed by atoms with Gasteiger partial charge in [0.1, 0.15) is 45.2 Å². The van der Waals surface area contributed by atoms with Crippen molar-refractivity contribution in [1.82, 2.24) is 4.98 Å². The molecule has 5 aromatic rings. The molecule has 65 heavy (non-hydrogen) atoms. The predicted octanol–water partition coefficient (Wildman–Crippen LogP) is 5.49. The van der Waals surface area contributed by atoms with E-state index in [0.29, 0.717) is 18.2 Å². The van der Waals surface area contributed by atoms with E-state index in [2.05, 4.69) is 36.1 Å². The molecule has 0 radical (unpaired) electrons. The average molecular weight is 977 g/mol. The number of aliphatic carboxylic acids is 2. The Morgan fingerprint density at radius 2 is 1.02 bits per heavy atom. The highest BCUT2D eigenvalue weighted by molar-refractivity contribution is 7.86. The smallest absolute Gasteiger partial charge is 0.341 e. The number of hydrogen-bond acceptors (Lipinski definition) is 20. The van der Waals surface area contributed by atoms with Crippen LogP contribution in [0.5, 0.6) is 11.5 Å². The van der Waals surface area contributed by atoms with Gasteiger partial charge >= 0.3 is 11.9 Å². The summed E-state index contributed by atoms with van der Waals surface area (Å²) < 4.78 is 143. The number of azo groups is 2. The molecule has 30 heteroatoms. The number of benzene rings is 4. The Bertz CT molecular complexity index is 3290. The van der Waals surface area contributed by atoms with Crippen LogP contribution >= 0.6 is 0 Å². The number of carboxylic acids is 2. The summed E-state index contributed by atoms with van der Waals surface area (Å²) in [5.41, 5.74) is -1.92. The van der Waals surface area contributed by atoms with Gasteiger partial charge in [-0.05, 0) is 73.7 Å². The predicted molar refractivity (Wildman–Crippen MR) is 220 cm³/mol. The number of carbonyl (C=O) groups is 2. The highest BCUT2D eigenvalue weighted by atomic mass is 32.2. The van der Waals surface area contributed by atoms with E-state index in [9.17, 15) is 76.9 Å². The van der Waals surface area contributed by atoms with Crippen LogP contribution in [0.25, 0.3) is 0 Å². The summed E-state index contributed by atoms with van der Waals surface area (Å²) >= 11 is 0. The molecule has 0 saturated carbocycles. The van der Waals surface area contributed by atoms with Gasteiger partial charge in [-0.15, -0.1) is 20.5 Å². The van der Waals surface area contributed by atoms with Gasteiger partial charge in [-0.3, -0.25) is 18.2 Å². The van der Waals surface area contributed by atoms with Crippen LogP contribution in [0, 0.1) is 18.3 Å². The molecule has 0 aliphatic carbocycles. The van der Waals surface area contributed by atoms with Crippen LogP contribution in [0.15, 0.2) is 119 Å². The molecule has 1 heterocycles. The van der Waals surface area contributed by atoms with Gasteiger partial charge in [0.05, 0.1) is 20.2 Å². The number of carboxylic acid groups (broad SMARTS) is 2. The molecule has 0 atom stereocenters. The van der Waals surface area contributed by atoms with E-state index < -0.39 is 114 Å². The average Bonchev–Trinajstić information content (AvgIpc) is 3.20. The van der Waals surface area contributed by atoms with Crippen molar-refractivity contribution >= 4 is 98.2 Å². The number of pyridine rings is 1. The van der Waals surface area contributed by atoms with E-state index in [-0.39, 0.29) is 39.8 Å².